The molecule has 1 aliphatic rings. The van der Waals surface area contributed by atoms with E-state index in [1.54, 1.807) is 0 Å². The molecule has 0 aliphatic carbocycles. The maximum Gasteiger partial charge on any atom is 0.460 e. The zero-order valence-electron chi connectivity index (χ0n) is 22.8. The first kappa shape index (κ1) is 39.4. The van der Waals surface area contributed by atoms with Crippen LogP contribution in [0.5, 0.6) is 5.75 Å². The third kappa shape index (κ3) is 6.06. The molecule has 0 atom stereocenters. The fourth-order valence-corrected chi connectivity index (χ4v) is 3.96. The SMILES string of the molecule is O=C(NCCC(F)(F)C(F)(F)C(F)(F)C(F)(F)C(F)(F)C(F)(F)C(F)(F)C(F)(F)F)c1ccc2c(c1)C(=O)N(Oc1ccc(Cl)cc1)C2=O. The Kier molecular flexibility index (Phi) is 9.70. The number of amides is 3. The number of imide groups is 1. The number of alkyl halides is 17. The van der Waals surface area contributed by atoms with Crippen molar-refractivity contribution < 1.29 is 93.9 Å². The highest BCUT2D eigenvalue weighted by atomic mass is 35.5. The van der Waals surface area contributed by atoms with Crippen molar-refractivity contribution in [3.8, 4) is 5.75 Å². The second kappa shape index (κ2) is 12.1. The quantitative estimate of drug-likeness (QED) is 0.176. The summed E-state index contributed by atoms with van der Waals surface area (Å²) < 4.78 is 228. The van der Waals surface area contributed by atoms with Crippen LogP contribution in [0.2, 0.25) is 5.02 Å². The van der Waals surface area contributed by atoms with Gasteiger partial charge >= 0.3 is 47.6 Å². The van der Waals surface area contributed by atoms with Gasteiger partial charge in [-0.25, -0.2) is 0 Å². The molecule has 0 spiro atoms. The maximum absolute atomic E-state index is 14.1. The third-order valence-corrected chi connectivity index (χ3v) is 6.89. The van der Waals surface area contributed by atoms with E-state index >= 15 is 0 Å². The highest BCUT2D eigenvalue weighted by Gasteiger charge is 2.95. The normalized spacial score (nSPS) is 15.4. The summed E-state index contributed by atoms with van der Waals surface area (Å²) in [5.74, 6) is -61.4. The van der Waals surface area contributed by atoms with E-state index in [1.807, 2.05) is 0 Å². The summed E-state index contributed by atoms with van der Waals surface area (Å²) in [6, 6.07) is 7.22. The smallest absolute Gasteiger partial charge is 0.368 e. The Bertz CT molecular complexity index is 1630. The number of nitrogens with zero attached hydrogens (tertiary/aromatic N) is 1. The Morgan fingerprint density at radius 1 is 0.633 bits per heavy atom. The lowest BCUT2D eigenvalue weighted by atomic mass is 9.88. The number of carbonyl (C=O) groups excluding carboxylic acids is 3. The summed E-state index contributed by atoms with van der Waals surface area (Å²) in [4.78, 5) is 42.6. The van der Waals surface area contributed by atoms with Gasteiger partial charge in [-0.05, 0) is 42.5 Å². The molecular formula is C25H12ClF17N2O4. The largest absolute Gasteiger partial charge is 0.460 e. The molecule has 0 bridgehead atoms. The first-order valence-corrected chi connectivity index (χ1v) is 12.7. The van der Waals surface area contributed by atoms with Gasteiger partial charge in [0.05, 0.1) is 11.1 Å². The number of halogens is 18. The van der Waals surface area contributed by atoms with E-state index in [4.69, 9.17) is 16.4 Å². The highest BCUT2D eigenvalue weighted by molar-refractivity contribution is 6.30. The Morgan fingerprint density at radius 2 is 1.08 bits per heavy atom. The van der Waals surface area contributed by atoms with Gasteiger partial charge in [0.2, 0.25) is 0 Å². The van der Waals surface area contributed by atoms with E-state index in [0.717, 1.165) is 12.1 Å². The van der Waals surface area contributed by atoms with Crippen LogP contribution in [0, 0.1) is 0 Å². The van der Waals surface area contributed by atoms with Crippen molar-refractivity contribution in [3.05, 3.63) is 64.2 Å². The molecule has 0 radical (unpaired) electrons. The van der Waals surface area contributed by atoms with Crippen LogP contribution in [-0.2, 0) is 0 Å². The lowest BCUT2D eigenvalue weighted by Crippen LogP contribution is -2.74. The van der Waals surface area contributed by atoms with Crippen LogP contribution < -0.4 is 10.2 Å². The van der Waals surface area contributed by atoms with Gasteiger partial charge in [-0.1, -0.05) is 16.7 Å². The molecule has 3 rings (SSSR count). The minimum absolute atomic E-state index is 0.0883. The number of nitrogens with one attached hydrogen (secondary N) is 1. The average Bonchev–Trinajstić information content (AvgIpc) is 3.21. The molecule has 1 heterocycles. The molecule has 0 aromatic heterocycles. The van der Waals surface area contributed by atoms with Crippen molar-refractivity contribution in [3.63, 3.8) is 0 Å². The fourth-order valence-electron chi connectivity index (χ4n) is 3.83. The van der Waals surface area contributed by atoms with Gasteiger partial charge in [0.15, 0.2) is 5.75 Å². The van der Waals surface area contributed by atoms with Gasteiger partial charge in [0.25, 0.3) is 17.7 Å². The summed E-state index contributed by atoms with van der Waals surface area (Å²) in [6.45, 7) is -1.95. The van der Waals surface area contributed by atoms with E-state index in [2.05, 4.69) is 0 Å². The molecule has 272 valence electrons. The predicted octanol–water partition coefficient (Wildman–Crippen LogP) is 8.06. The van der Waals surface area contributed by atoms with Crippen LogP contribution in [0.3, 0.4) is 0 Å². The van der Waals surface area contributed by atoms with E-state index in [0.29, 0.717) is 6.07 Å². The highest BCUT2D eigenvalue weighted by Crippen LogP contribution is 2.64. The summed E-state index contributed by atoms with van der Waals surface area (Å²) in [7, 11) is 0. The van der Waals surface area contributed by atoms with Crippen molar-refractivity contribution >= 4 is 29.3 Å². The van der Waals surface area contributed by atoms with E-state index < -0.39 is 95.0 Å². The van der Waals surface area contributed by atoms with Gasteiger partial charge in [-0.2, -0.15) is 74.6 Å². The number of hydroxylamine groups is 2. The number of rotatable bonds is 12. The van der Waals surface area contributed by atoms with Crippen LogP contribution in [0.4, 0.5) is 74.6 Å². The van der Waals surface area contributed by atoms with Crippen LogP contribution >= 0.6 is 11.6 Å². The van der Waals surface area contributed by atoms with E-state index in [-0.39, 0.29) is 15.8 Å². The van der Waals surface area contributed by atoms with Gasteiger partial charge in [0, 0.05) is 23.6 Å². The Balaban J connectivity index is 1.77. The van der Waals surface area contributed by atoms with Gasteiger partial charge in [0.1, 0.15) is 0 Å². The summed E-state index contributed by atoms with van der Waals surface area (Å²) in [5.41, 5.74) is -1.70. The van der Waals surface area contributed by atoms with Gasteiger partial charge in [-0.15, -0.1) is 0 Å². The van der Waals surface area contributed by atoms with Crippen LogP contribution in [0.25, 0.3) is 0 Å². The number of hydrogen-bond donors (Lipinski definition) is 1. The molecule has 49 heavy (non-hydrogen) atoms. The first-order chi connectivity index (χ1) is 21.9. The number of benzene rings is 2. The van der Waals surface area contributed by atoms with Crippen molar-refractivity contribution in [2.24, 2.45) is 0 Å². The molecule has 24 heteroatoms. The molecule has 3 amide bonds. The molecule has 0 saturated carbocycles. The Morgan fingerprint density at radius 3 is 1.57 bits per heavy atom. The lowest BCUT2D eigenvalue weighted by Gasteiger charge is -2.42. The second-order valence-electron chi connectivity index (χ2n) is 9.86. The zero-order valence-corrected chi connectivity index (χ0v) is 23.6. The number of carbonyl (C=O) groups is 3. The second-order valence-corrected chi connectivity index (χ2v) is 10.3. The lowest BCUT2D eigenvalue weighted by molar-refractivity contribution is -0.461. The molecule has 0 fully saturated rings. The monoisotopic (exact) mass is 762 g/mol. The number of hydrogen-bond acceptors (Lipinski definition) is 4. The molecule has 2 aromatic carbocycles. The van der Waals surface area contributed by atoms with E-state index in [9.17, 15) is 89.0 Å². The van der Waals surface area contributed by atoms with Crippen LogP contribution in [0.15, 0.2) is 42.5 Å². The Hall–Kier alpha value is -4.05. The molecule has 2 aromatic rings. The van der Waals surface area contributed by atoms with Gasteiger partial charge in [-0.3, -0.25) is 14.4 Å². The molecule has 6 nitrogen and oxygen atoms in total. The van der Waals surface area contributed by atoms with Crippen molar-refractivity contribution in [1.82, 2.24) is 10.4 Å². The minimum Gasteiger partial charge on any atom is -0.368 e. The van der Waals surface area contributed by atoms with Crippen molar-refractivity contribution in [2.45, 2.75) is 54.1 Å². The Labute approximate surface area is 264 Å². The summed E-state index contributed by atoms with van der Waals surface area (Å²) in [5, 5.41) is 1.79. The first-order valence-electron chi connectivity index (χ1n) is 12.4. The molecule has 0 unspecified atom stereocenters. The van der Waals surface area contributed by atoms with Crippen molar-refractivity contribution in [2.75, 3.05) is 6.54 Å². The van der Waals surface area contributed by atoms with Crippen molar-refractivity contribution in [1.29, 1.82) is 0 Å². The standard InChI is InChI=1S/C25H12ClF17N2O4/c26-11-2-4-12(5-3-11)49-45-16(47)13-6-1-10(9-14(13)17(45)48)15(46)44-8-7-18(27,28)19(29,30)20(31,32)21(33,34)22(35,36)23(37,38)24(39,40)25(41,42)43/h1-6,9H,7-8H2,(H,44,46). The van der Waals surface area contributed by atoms with Crippen LogP contribution in [0.1, 0.15) is 37.5 Å². The third-order valence-electron chi connectivity index (χ3n) is 6.63. The van der Waals surface area contributed by atoms with Gasteiger partial charge < -0.3 is 10.2 Å². The fraction of sp³-hybridized carbons (Fsp3) is 0.400. The molecule has 0 saturated heterocycles. The van der Waals surface area contributed by atoms with E-state index in [1.165, 1.54) is 29.6 Å². The zero-order chi connectivity index (χ0) is 38.0. The number of fused-ring (bicyclic) bond motifs is 1. The summed E-state index contributed by atoms with van der Waals surface area (Å²) >= 11 is 5.69. The summed E-state index contributed by atoms with van der Waals surface area (Å²) in [6.07, 6.45) is -10.8. The molecular weight excluding hydrogens is 751 g/mol. The molecule has 1 aliphatic heterocycles. The molecule has 1 N–H and O–H groups in total. The average molecular weight is 763 g/mol. The van der Waals surface area contributed by atoms with Crippen LogP contribution in [-0.4, -0.2) is 77.0 Å². The topological polar surface area (TPSA) is 75.7 Å². The predicted molar refractivity (Wildman–Crippen MR) is 127 cm³/mol. The minimum atomic E-state index is -8.75. The maximum atomic E-state index is 14.1.